The first kappa shape index (κ1) is 30.2. The Morgan fingerprint density at radius 2 is 1.71 bits per heavy atom. The van der Waals surface area contributed by atoms with Gasteiger partial charge in [0, 0.05) is 50.6 Å². The number of benzene rings is 2. The van der Waals surface area contributed by atoms with E-state index in [0.717, 1.165) is 24.9 Å². The zero-order chi connectivity index (χ0) is 29.2. The van der Waals surface area contributed by atoms with E-state index in [9.17, 15) is 9.59 Å². The first-order valence-corrected chi connectivity index (χ1v) is 15.8. The first-order valence-electron chi connectivity index (χ1n) is 15.4. The maximum absolute atomic E-state index is 14.0. The molecular weight excluding hydrogens is 548 g/mol. The number of hydrogen-bond donors (Lipinski definition) is 2. The zero-order valence-corrected chi connectivity index (χ0v) is 25.1. The number of halogens is 1. The van der Waals surface area contributed by atoms with Crippen molar-refractivity contribution in [2.75, 3.05) is 19.6 Å². The van der Waals surface area contributed by atoms with Gasteiger partial charge in [0.2, 0.25) is 11.8 Å². The maximum atomic E-state index is 14.0. The van der Waals surface area contributed by atoms with E-state index >= 15 is 0 Å². The molecule has 1 aromatic heterocycles. The van der Waals surface area contributed by atoms with Crippen LogP contribution in [0.1, 0.15) is 62.5 Å². The molecular formula is C33H43ClN6O2. The summed E-state index contributed by atoms with van der Waals surface area (Å²) < 4.78 is 1.97. The molecule has 42 heavy (non-hydrogen) atoms. The SMILES string of the molecule is O=C(CCNCc1ccccc1)N[C@H](Cc1ccc(Cl)cc1)C(=O)N1CCC(Cn2cncn2)(C2CCCCC2)CC1. The summed E-state index contributed by atoms with van der Waals surface area (Å²) in [6.45, 7) is 3.47. The van der Waals surface area contributed by atoms with Gasteiger partial charge in [-0.05, 0) is 60.3 Å². The molecule has 5 rings (SSSR count). The summed E-state index contributed by atoms with van der Waals surface area (Å²) in [6.07, 6.45) is 12.4. The van der Waals surface area contributed by atoms with Gasteiger partial charge in [-0.15, -0.1) is 0 Å². The maximum Gasteiger partial charge on any atom is 0.245 e. The van der Waals surface area contributed by atoms with E-state index in [4.69, 9.17) is 11.6 Å². The molecule has 0 radical (unpaired) electrons. The molecule has 8 nitrogen and oxygen atoms in total. The van der Waals surface area contributed by atoms with Gasteiger partial charge in [0.05, 0.1) is 0 Å². The Bertz CT molecular complexity index is 1250. The van der Waals surface area contributed by atoms with Gasteiger partial charge in [-0.1, -0.05) is 73.3 Å². The van der Waals surface area contributed by atoms with Crippen molar-refractivity contribution < 1.29 is 9.59 Å². The van der Waals surface area contributed by atoms with Crippen molar-refractivity contribution in [1.29, 1.82) is 0 Å². The third kappa shape index (κ3) is 8.19. The predicted octanol–water partition coefficient (Wildman–Crippen LogP) is 5.03. The van der Waals surface area contributed by atoms with Gasteiger partial charge in [-0.2, -0.15) is 5.10 Å². The molecule has 1 aliphatic carbocycles. The molecule has 3 aromatic rings. The highest BCUT2D eigenvalue weighted by Gasteiger charge is 2.43. The van der Waals surface area contributed by atoms with Gasteiger partial charge < -0.3 is 15.5 Å². The average Bonchev–Trinajstić information content (AvgIpc) is 3.54. The predicted molar refractivity (Wildman–Crippen MR) is 165 cm³/mol. The van der Waals surface area contributed by atoms with Crippen LogP contribution in [0.4, 0.5) is 0 Å². The Labute approximate surface area is 254 Å². The number of nitrogens with one attached hydrogen (secondary N) is 2. The summed E-state index contributed by atoms with van der Waals surface area (Å²) in [6, 6.07) is 17.0. The van der Waals surface area contributed by atoms with Gasteiger partial charge in [-0.3, -0.25) is 14.3 Å². The van der Waals surface area contributed by atoms with Gasteiger partial charge >= 0.3 is 0 Å². The van der Waals surface area contributed by atoms with E-state index in [1.807, 2.05) is 58.4 Å². The normalized spacial score (nSPS) is 18.0. The Balaban J connectivity index is 1.22. The molecule has 2 amide bonds. The van der Waals surface area contributed by atoms with Crippen LogP contribution in [-0.4, -0.2) is 57.2 Å². The van der Waals surface area contributed by atoms with Crippen LogP contribution >= 0.6 is 11.6 Å². The molecule has 1 atom stereocenters. The second-order valence-corrected chi connectivity index (χ2v) is 12.4. The summed E-state index contributed by atoms with van der Waals surface area (Å²) in [4.78, 5) is 33.1. The molecule has 2 fully saturated rings. The summed E-state index contributed by atoms with van der Waals surface area (Å²) >= 11 is 6.11. The van der Waals surface area contributed by atoms with Crippen molar-refractivity contribution in [1.82, 2.24) is 30.3 Å². The minimum absolute atomic E-state index is 0.00598. The van der Waals surface area contributed by atoms with Crippen LogP contribution < -0.4 is 10.6 Å². The minimum Gasteiger partial charge on any atom is -0.344 e. The van der Waals surface area contributed by atoms with Crippen LogP contribution in [0.3, 0.4) is 0 Å². The second-order valence-electron chi connectivity index (χ2n) is 12.0. The fraction of sp³-hybridized carbons (Fsp3) is 0.515. The fourth-order valence-corrected chi connectivity index (χ4v) is 6.92. The van der Waals surface area contributed by atoms with Crippen LogP contribution in [-0.2, 0) is 29.1 Å². The van der Waals surface area contributed by atoms with Crippen molar-refractivity contribution >= 4 is 23.4 Å². The number of nitrogens with zero attached hydrogens (tertiary/aromatic N) is 4. The molecule has 2 aliphatic rings. The fourth-order valence-electron chi connectivity index (χ4n) is 6.79. The average molecular weight is 591 g/mol. The van der Waals surface area contributed by atoms with Crippen molar-refractivity contribution in [2.45, 2.75) is 76.9 Å². The highest BCUT2D eigenvalue weighted by atomic mass is 35.5. The number of aromatic nitrogens is 3. The Kier molecular flexibility index (Phi) is 10.6. The number of piperidine rings is 1. The number of carbonyl (C=O) groups is 2. The van der Waals surface area contributed by atoms with E-state index in [1.165, 1.54) is 37.7 Å². The lowest BCUT2D eigenvalue weighted by atomic mass is 9.63. The molecule has 9 heteroatoms. The monoisotopic (exact) mass is 590 g/mol. The molecule has 0 bridgehead atoms. The third-order valence-electron chi connectivity index (χ3n) is 9.17. The number of carbonyl (C=O) groups excluding carboxylic acids is 2. The van der Waals surface area contributed by atoms with E-state index in [-0.39, 0.29) is 17.2 Å². The van der Waals surface area contributed by atoms with Gasteiger partial charge in [-0.25, -0.2) is 4.98 Å². The topological polar surface area (TPSA) is 92.2 Å². The molecule has 0 unspecified atom stereocenters. The van der Waals surface area contributed by atoms with Gasteiger partial charge in [0.15, 0.2) is 0 Å². The van der Waals surface area contributed by atoms with Crippen LogP contribution in [0.15, 0.2) is 67.3 Å². The summed E-state index contributed by atoms with van der Waals surface area (Å²) in [5.74, 6) is 0.511. The van der Waals surface area contributed by atoms with Crippen molar-refractivity contribution in [3.8, 4) is 0 Å². The second kappa shape index (κ2) is 14.8. The highest BCUT2D eigenvalue weighted by molar-refractivity contribution is 6.30. The summed E-state index contributed by atoms with van der Waals surface area (Å²) in [5, 5.41) is 11.5. The molecule has 2 N–H and O–H groups in total. The molecule has 1 aliphatic heterocycles. The zero-order valence-electron chi connectivity index (χ0n) is 24.4. The van der Waals surface area contributed by atoms with Gasteiger partial charge in [0.25, 0.3) is 0 Å². The van der Waals surface area contributed by atoms with E-state index in [0.29, 0.717) is 50.0 Å². The van der Waals surface area contributed by atoms with Crippen molar-refractivity contribution in [2.24, 2.45) is 11.3 Å². The van der Waals surface area contributed by atoms with Crippen LogP contribution in [0, 0.1) is 11.3 Å². The Morgan fingerprint density at radius 1 is 0.976 bits per heavy atom. The quantitative estimate of drug-likeness (QED) is 0.289. The molecule has 2 heterocycles. The lowest BCUT2D eigenvalue weighted by Crippen LogP contribution is -2.54. The van der Waals surface area contributed by atoms with Crippen molar-refractivity contribution in [3.63, 3.8) is 0 Å². The number of amides is 2. The van der Waals surface area contributed by atoms with Crippen LogP contribution in [0.5, 0.6) is 0 Å². The standard InChI is InChI=1S/C33H43ClN6O2/c34-29-13-11-26(12-14-29)21-30(38-31(41)15-18-35-22-27-7-3-1-4-8-27)32(42)39-19-16-33(17-20-39,23-40-25-36-24-37-40)28-9-5-2-6-10-28/h1,3-4,7-8,11-14,24-25,28,30,35H,2,5-6,9-10,15-23H2,(H,38,41)/t30-/m1/s1. The molecule has 224 valence electrons. The van der Waals surface area contributed by atoms with Crippen molar-refractivity contribution in [3.05, 3.63) is 83.4 Å². The number of rotatable bonds is 12. The number of likely N-dealkylation sites (tertiary alicyclic amines) is 1. The Hall–Kier alpha value is -3.23. The molecule has 2 aromatic carbocycles. The Morgan fingerprint density at radius 3 is 2.40 bits per heavy atom. The largest absolute Gasteiger partial charge is 0.344 e. The molecule has 1 saturated carbocycles. The van der Waals surface area contributed by atoms with Crippen LogP contribution in [0.25, 0.3) is 0 Å². The van der Waals surface area contributed by atoms with E-state index < -0.39 is 6.04 Å². The lowest BCUT2D eigenvalue weighted by Gasteiger charge is -2.48. The highest BCUT2D eigenvalue weighted by Crippen LogP contribution is 2.47. The van der Waals surface area contributed by atoms with E-state index in [1.54, 1.807) is 6.33 Å². The molecule has 0 spiro atoms. The lowest BCUT2D eigenvalue weighted by molar-refractivity contribution is -0.139. The molecule has 1 saturated heterocycles. The first-order chi connectivity index (χ1) is 20.5. The van der Waals surface area contributed by atoms with Gasteiger partial charge in [0.1, 0.15) is 18.7 Å². The smallest absolute Gasteiger partial charge is 0.245 e. The van der Waals surface area contributed by atoms with Crippen LogP contribution in [0.2, 0.25) is 5.02 Å². The minimum atomic E-state index is -0.620. The summed E-state index contributed by atoms with van der Waals surface area (Å²) in [7, 11) is 0. The summed E-state index contributed by atoms with van der Waals surface area (Å²) in [5.41, 5.74) is 2.26. The number of hydrogen-bond acceptors (Lipinski definition) is 5. The van der Waals surface area contributed by atoms with E-state index in [2.05, 4.69) is 32.8 Å². The third-order valence-corrected chi connectivity index (χ3v) is 9.42.